The number of anilines is 1. The third-order valence-electron chi connectivity index (χ3n) is 4.49. The molecule has 0 bridgehead atoms. The standard InChI is InChI=1S/C22H25N5S/c1-15(2)9-10-16(3)25-22-24-12-11-19(27-22)18(13-23)21-26-20(14-28-21)17-7-5-4-6-8-17/h4-8,11-12,14-16,18H,9-10H2,1-3H3,(H,24,25,27). The van der Waals surface area contributed by atoms with Crippen LogP contribution in [0, 0.1) is 17.2 Å². The second-order valence-electron chi connectivity index (χ2n) is 7.32. The summed E-state index contributed by atoms with van der Waals surface area (Å²) in [6.45, 7) is 6.57. The largest absolute Gasteiger partial charge is 0.352 e. The highest BCUT2D eigenvalue weighted by Gasteiger charge is 2.20. The Hall–Kier alpha value is -2.78. The van der Waals surface area contributed by atoms with E-state index in [1.54, 1.807) is 12.3 Å². The molecule has 0 amide bonds. The SMILES string of the molecule is CC(C)CCC(C)Nc1nccc(C(C#N)c2nc(-c3ccccc3)cs2)n1. The molecule has 28 heavy (non-hydrogen) atoms. The van der Waals surface area contributed by atoms with Gasteiger partial charge in [-0.2, -0.15) is 5.26 Å². The number of nitrogens with zero attached hydrogens (tertiary/aromatic N) is 4. The summed E-state index contributed by atoms with van der Waals surface area (Å²) in [5.74, 6) is 0.731. The number of nitrogens with one attached hydrogen (secondary N) is 1. The van der Waals surface area contributed by atoms with Crippen LogP contribution in [0.25, 0.3) is 11.3 Å². The fourth-order valence-electron chi connectivity index (χ4n) is 2.89. The summed E-state index contributed by atoms with van der Waals surface area (Å²) >= 11 is 1.49. The van der Waals surface area contributed by atoms with Crippen molar-refractivity contribution in [2.45, 2.75) is 45.6 Å². The Balaban J connectivity index is 1.76. The van der Waals surface area contributed by atoms with E-state index >= 15 is 0 Å². The molecule has 5 nitrogen and oxygen atoms in total. The predicted octanol–water partition coefficient (Wildman–Crippen LogP) is 5.49. The number of aromatic nitrogens is 3. The molecular formula is C22H25N5S. The van der Waals surface area contributed by atoms with Gasteiger partial charge in [-0.1, -0.05) is 44.2 Å². The quantitative estimate of drug-likeness (QED) is 0.549. The van der Waals surface area contributed by atoms with Crippen LogP contribution in [0.2, 0.25) is 0 Å². The fraction of sp³-hybridized carbons (Fsp3) is 0.364. The van der Waals surface area contributed by atoms with Gasteiger partial charge in [-0.25, -0.2) is 15.0 Å². The van der Waals surface area contributed by atoms with E-state index in [1.807, 2.05) is 35.7 Å². The summed E-state index contributed by atoms with van der Waals surface area (Å²) in [4.78, 5) is 13.6. The van der Waals surface area contributed by atoms with Gasteiger partial charge in [0, 0.05) is 23.2 Å². The van der Waals surface area contributed by atoms with Crippen molar-refractivity contribution in [3.63, 3.8) is 0 Å². The lowest BCUT2D eigenvalue weighted by molar-refractivity contribution is 0.526. The summed E-state index contributed by atoms with van der Waals surface area (Å²) in [6, 6.07) is 14.4. The molecule has 0 aliphatic heterocycles. The molecule has 0 saturated carbocycles. The van der Waals surface area contributed by atoms with Crippen molar-refractivity contribution in [3.05, 3.63) is 58.7 Å². The molecular weight excluding hydrogens is 366 g/mol. The van der Waals surface area contributed by atoms with Gasteiger partial charge in [0.05, 0.1) is 17.5 Å². The van der Waals surface area contributed by atoms with Crippen molar-refractivity contribution < 1.29 is 0 Å². The van der Waals surface area contributed by atoms with E-state index in [1.165, 1.54) is 11.3 Å². The molecule has 0 spiro atoms. The first kappa shape index (κ1) is 20.0. The molecule has 0 radical (unpaired) electrons. The normalized spacial score (nSPS) is 13.1. The zero-order chi connectivity index (χ0) is 19.9. The molecule has 0 aliphatic rings. The van der Waals surface area contributed by atoms with E-state index in [4.69, 9.17) is 0 Å². The molecule has 144 valence electrons. The lowest BCUT2D eigenvalue weighted by Crippen LogP contribution is -2.18. The van der Waals surface area contributed by atoms with Crippen molar-refractivity contribution >= 4 is 17.3 Å². The first-order chi connectivity index (χ1) is 13.6. The van der Waals surface area contributed by atoms with Crippen molar-refractivity contribution in [3.8, 4) is 17.3 Å². The van der Waals surface area contributed by atoms with Gasteiger partial charge in [0.2, 0.25) is 5.95 Å². The number of hydrogen-bond acceptors (Lipinski definition) is 6. The van der Waals surface area contributed by atoms with Gasteiger partial charge in [-0.15, -0.1) is 11.3 Å². The molecule has 3 aromatic rings. The number of nitriles is 1. The van der Waals surface area contributed by atoms with Gasteiger partial charge < -0.3 is 5.32 Å². The minimum atomic E-state index is -0.503. The van der Waals surface area contributed by atoms with Gasteiger partial charge in [-0.05, 0) is 31.7 Å². The van der Waals surface area contributed by atoms with E-state index < -0.39 is 5.92 Å². The van der Waals surface area contributed by atoms with Crippen LogP contribution in [-0.4, -0.2) is 21.0 Å². The Labute approximate surface area is 170 Å². The maximum Gasteiger partial charge on any atom is 0.223 e. The fourth-order valence-corrected chi connectivity index (χ4v) is 3.77. The molecule has 2 heterocycles. The van der Waals surface area contributed by atoms with Crippen LogP contribution in [0.5, 0.6) is 0 Å². The first-order valence-electron chi connectivity index (χ1n) is 9.56. The van der Waals surface area contributed by atoms with Gasteiger partial charge in [0.15, 0.2) is 0 Å². The number of hydrogen-bond donors (Lipinski definition) is 1. The highest BCUT2D eigenvalue weighted by Crippen LogP contribution is 2.29. The molecule has 2 atom stereocenters. The summed E-state index contributed by atoms with van der Waals surface area (Å²) in [5.41, 5.74) is 2.60. The van der Waals surface area contributed by atoms with Crippen LogP contribution in [0.1, 0.15) is 50.2 Å². The molecule has 1 aromatic carbocycles. The summed E-state index contributed by atoms with van der Waals surface area (Å²) in [7, 11) is 0. The molecule has 1 N–H and O–H groups in total. The van der Waals surface area contributed by atoms with Crippen molar-refractivity contribution in [2.24, 2.45) is 5.92 Å². The van der Waals surface area contributed by atoms with Crippen molar-refractivity contribution in [1.82, 2.24) is 15.0 Å². The van der Waals surface area contributed by atoms with Gasteiger partial charge in [-0.3, -0.25) is 0 Å². The number of thiazole rings is 1. The monoisotopic (exact) mass is 391 g/mol. The Morgan fingerprint density at radius 2 is 1.86 bits per heavy atom. The lowest BCUT2D eigenvalue weighted by Gasteiger charge is -2.15. The maximum atomic E-state index is 9.77. The zero-order valence-electron chi connectivity index (χ0n) is 16.5. The third kappa shape index (κ3) is 5.14. The van der Waals surface area contributed by atoms with E-state index in [-0.39, 0.29) is 6.04 Å². The van der Waals surface area contributed by atoms with E-state index in [9.17, 15) is 5.26 Å². The minimum Gasteiger partial charge on any atom is -0.352 e. The van der Waals surface area contributed by atoms with Crippen LogP contribution in [0.15, 0.2) is 48.0 Å². The smallest absolute Gasteiger partial charge is 0.223 e. The van der Waals surface area contributed by atoms with E-state index in [0.717, 1.165) is 29.1 Å². The molecule has 6 heteroatoms. The highest BCUT2D eigenvalue weighted by atomic mass is 32.1. The molecule has 3 rings (SSSR count). The molecule has 0 aliphatic carbocycles. The topological polar surface area (TPSA) is 74.5 Å². The van der Waals surface area contributed by atoms with Crippen LogP contribution >= 0.6 is 11.3 Å². The Kier molecular flexibility index (Phi) is 6.72. The second kappa shape index (κ2) is 9.43. The van der Waals surface area contributed by atoms with Gasteiger partial charge >= 0.3 is 0 Å². The molecule has 0 saturated heterocycles. The van der Waals surface area contributed by atoms with E-state index in [2.05, 4.69) is 47.1 Å². The Morgan fingerprint density at radius 3 is 2.57 bits per heavy atom. The third-order valence-corrected chi connectivity index (χ3v) is 5.40. The minimum absolute atomic E-state index is 0.280. The molecule has 2 aromatic heterocycles. The molecule has 0 fully saturated rings. The first-order valence-corrected chi connectivity index (χ1v) is 10.4. The van der Waals surface area contributed by atoms with Crippen molar-refractivity contribution in [1.29, 1.82) is 5.26 Å². The van der Waals surface area contributed by atoms with Crippen LogP contribution in [0.3, 0.4) is 0 Å². The Morgan fingerprint density at radius 1 is 1.07 bits per heavy atom. The average Bonchev–Trinajstić information content (AvgIpc) is 3.18. The highest BCUT2D eigenvalue weighted by molar-refractivity contribution is 7.10. The summed E-state index contributed by atoms with van der Waals surface area (Å²) in [6.07, 6.45) is 3.91. The Bertz CT molecular complexity index is 929. The lowest BCUT2D eigenvalue weighted by atomic mass is 10.0. The van der Waals surface area contributed by atoms with Gasteiger partial charge in [0.25, 0.3) is 0 Å². The predicted molar refractivity (Wildman–Crippen MR) is 114 cm³/mol. The number of rotatable bonds is 8. The summed E-state index contributed by atoms with van der Waals surface area (Å²) < 4.78 is 0. The average molecular weight is 392 g/mol. The zero-order valence-corrected chi connectivity index (χ0v) is 17.3. The van der Waals surface area contributed by atoms with Crippen LogP contribution < -0.4 is 5.32 Å². The van der Waals surface area contributed by atoms with Crippen molar-refractivity contribution in [2.75, 3.05) is 5.32 Å². The van der Waals surface area contributed by atoms with Gasteiger partial charge in [0.1, 0.15) is 10.9 Å². The second-order valence-corrected chi connectivity index (χ2v) is 8.21. The van der Waals surface area contributed by atoms with Crippen LogP contribution in [0.4, 0.5) is 5.95 Å². The van der Waals surface area contributed by atoms with Crippen LogP contribution in [-0.2, 0) is 0 Å². The number of benzene rings is 1. The molecule has 2 unspecified atom stereocenters. The summed E-state index contributed by atoms with van der Waals surface area (Å²) in [5, 5.41) is 15.9. The van der Waals surface area contributed by atoms with E-state index in [0.29, 0.717) is 17.6 Å². The maximum absolute atomic E-state index is 9.77.